The predicted molar refractivity (Wildman–Crippen MR) is 162 cm³/mol. The van der Waals surface area contributed by atoms with Crippen LogP contribution in [0.1, 0.15) is 40.5 Å². The summed E-state index contributed by atoms with van der Waals surface area (Å²) in [5.41, 5.74) is 3.37. The lowest BCUT2D eigenvalue weighted by atomic mass is 9.89. The molecule has 42 heavy (non-hydrogen) atoms. The molecular formula is C33H35N2O7+. The number of esters is 2. The van der Waals surface area contributed by atoms with Gasteiger partial charge in [0.15, 0.2) is 0 Å². The number of ether oxygens (including phenoxy) is 2. The molecule has 0 fully saturated rings. The van der Waals surface area contributed by atoms with Gasteiger partial charge in [0.1, 0.15) is 32.0 Å². The molecule has 1 N–H and O–H groups in total. The third-order valence-electron chi connectivity index (χ3n) is 6.91. The first-order valence-corrected chi connectivity index (χ1v) is 13.7. The molecule has 0 unspecified atom stereocenters. The summed E-state index contributed by atoms with van der Waals surface area (Å²) in [5.74, 6) is -1.37. The second kappa shape index (κ2) is 13.2. The first kappa shape index (κ1) is 30.0. The number of hydrogen-bond donors (Lipinski definition) is 1. The van der Waals surface area contributed by atoms with E-state index in [1.165, 1.54) is 18.2 Å². The van der Waals surface area contributed by atoms with Crippen LogP contribution in [-0.4, -0.2) is 63.9 Å². The van der Waals surface area contributed by atoms with Gasteiger partial charge in [-0.15, -0.1) is 0 Å². The predicted octanol–water partition coefficient (Wildman–Crippen LogP) is 5.06. The van der Waals surface area contributed by atoms with Crippen LogP contribution in [0.15, 0.2) is 71.7 Å². The van der Waals surface area contributed by atoms with E-state index in [1.807, 2.05) is 67.0 Å². The third kappa shape index (κ3) is 6.52. The smallest absolute Gasteiger partial charge is 0.338 e. The number of hydrogen-bond acceptors (Lipinski definition) is 7. The summed E-state index contributed by atoms with van der Waals surface area (Å²) < 4.78 is 18.6. The molecule has 0 radical (unpaired) electrons. The van der Waals surface area contributed by atoms with Gasteiger partial charge in [0, 0.05) is 54.3 Å². The highest BCUT2D eigenvalue weighted by Gasteiger charge is 2.24. The average Bonchev–Trinajstić information content (AvgIpc) is 2.97. The summed E-state index contributed by atoms with van der Waals surface area (Å²) in [6.07, 6.45) is 2.41. The first-order chi connectivity index (χ1) is 20.1. The fourth-order valence-electron chi connectivity index (χ4n) is 4.78. The maximum atomic E-state index is 12.7. The standard InChI is InChI=1S/C33H34N2O7/c1-6-17-41-33(39)21-10-13-24(32(37)38)27(18-21)31-25-14-11-22(34(3)4)19-28(25)42-29-20-23(12-15-26(29)31)35(5)16-8-9-30(36)40-7-2/h6,10-15,18-20H,1,7-9,16-17H2,2-5H3/p+1. The lowest BCUT2D eigenvalue weighted by Crippen LogP contribution is -2.21. The highest BCUT2D eigenvalue weighted by Crippen LogP contribution is 2.42. The van der Waals surface area contributed by atoms with Crippen molar-refractivity contribution >= 4 is 34.6 Å². The quantitative estimate of drug-likeness (QED) is 0.115. The summed E-state index contributed by atoms with van der Waals surface area (Å²) in [7, 11) is 5.78. The normalized spacial score (nSPS) is 10.9. The van der Waals surface area contributed by atoms with Crippen LogP contribution in [0.2, 0.25) is 0 Å². The van der Waals surface area contributed by atoms with Crippen molar-refractivity contribution in [2.45, 2.75) is 19.8 Å². The molecule has 0 atom stereocenters. The third-order valence-corrected chi connectivity index (χ3v) is 6.91. The van der Waals surface area contributed by atoms with E-state index in [4.69, 9.17) is 13.9 Å². The molecule has 1 heterocycles. The number of carboxylic acids is 1. The molecule has 0 bridgehead atoms. The van der Waals surface area contributed by atoms with Gasteiger partial charge in [-0.3, -0.25) is 4.79 Å². The van der Waals surface area contributed by atoms with Crippen molar-refractivity contribution in [3.63, 3.8) is 0 Å². The van der Waals surface area contributed by atoms with E-state index < -0.39 is 11.9 Å². The Balaban J connectivity index is 1.91. The number of carboxylic acid groups (broad SMARTS) is 1. The second-order valence-corrected chi connectivity index (χ2v) is 10.0. The van der Waals surface area contributed by atoms with E-state index in [2.05, 4.69) is 6.58 Å². The van der Waals surface area contributed by atoms with Crippen LogP contribution in [0.4, 0.5) is 5.69 Å². The fraction of sp³-hybridized carbons (Fsp3) is 0.273. The largest absolute Gasteiger partial charge is 0.478 e. The molecular weight excluding hydrogens is 536 g/mol. The lowest BCUT2D eigenvalue weighted by molar-refractivity contribution is -0.143. The Kier molecular flexibility index (Phi) is 9.42. The van der Waals surface area contributed by atoms with E-state index in [1.54, 1.807) is 13.0 Å². The minimum absolute atomic E-state index is 0.0360. The van der Waals surface area contributed by atoms with Crippen molar-refractivity contribution in [3.8, 4) is 22.5 Å². The number of rotatable bonds is 11. The Morgan fingerprint density at radius 2 is 1.81 bits per heavy atom. The number of aromatic carboxylic acids is 1. The Morgan fingerprint density at radius 1 is 1.02 bits per heavy atom. The molecule has 2 aromatic rings. The number of carbonyl (C=O) groups is 3. The van der Waals surface area contributed by atoms with Crippen molar-refractivity contribution in [3.05, 3.63) is 83.7 Å². The summed E-state index contributed by atoms with van der Waals surface area (Å²) in [6, 6.07) is 15.9. The molecule has 0 aromatic heterocycles. The Hall–Kier alpha value is -4.92. The molecule has 0 saturated carbocycles. The number of carbonyl (C=O) groups excluding carboxylic acids is 2. The van der Waals surface area contributed by atoms with Crippen LogP contribution in [0.25, 0.3) is 33.4 Å². The van der Waals surface area contributed by atoms with Gasteiger partial charge in [-0.05, 0) is 55.3 Å². The van der Waals surface area contributed by atoms with Gasteiger partial charge in [0.2, 0.25) is 5.36 Å². The lowest BCUT2D eigenvalue weighted by Gasteiger charge is -2.21. The Labute approximate surface area is 244 Å². The molecule has 2 aromatic carbocycles. The fourth-order valence-corrected chi connectivity index (χ4v) is 4.78. The van der Waals surface area contributed by atoms with Gasteiger partial charge < -0.3 is 23.9 Å². The van der Waals surface area contributed by atoms with E-state index in [-0.39, 0.29) is 23.7 Å². The second-order valence-electron chi connectivity index (χ2n) is 10.0. The van der Waals surface area contributed by atoms with E-state index in [9.17, 15) is 19.5 Å². The maximum absolute atomic E-state index is 12.7. The van der Waals surface area contributed by atoms with Crippen LogP contribution in [-0.2, 0) is 14.3 Å². The molecule has 0 spiro atoms. The molecule has 1 aliphatic carbocycles. The van der Waals surface area contributed by atoms with Gasteiger partial charge in [0.05, 0.1) is 23.8 Å². The molecule has 1 aliphatic heterocycles. The number of benzene rings is 3. The zero-order valence-electron chi connectivity index (χ0n) is 24.3. The van der Waals surface area contributed by atoms with Gasteiger partial charge in [-0.1, -0.05) is 12.7 Å². The summed E-state index contributed by atoms with van der Waals surface area (Å²) in [5, 5.41) is 11.7. The molecule has 218 valence electrons. The van der Waals surface area contributed by atoms with Gasteiger partial charge in [-0.2, -0.15) is 0 Å². The molecule has 0 amide bonds. The zero-order valence-corrected chi connectivity index (χ0v) is 24.3. The first-order valence-electron chi connectivity index (χ1n) is 13.7. The van der Waals surface area contributed by atoms with E-state index in [0.717, 1.165) is 11.0 Å². The Morgan fingerprint density at radius 3 is 2.50 bits per heavy atom. The van der Waals surface area contributed by atoms with Gasteiger partial charge in [0.25, 0.3) is 0 Å². The van der Waals surface area contributed by atoms with Gasteiger partial charge in [-0.25, -0.2) is 14.2 Å². The van der Waals surface area contributed by atoms with Crippen LogP contribution in [0.3, 0.4) is 0 Å². The van der Waals surface area contributed by atoms with Crippen molar-refractivity contribution in [2.24, 2.45) is 0 Å². The molecule has 0 saturated heterocycles. The SMILES string of the molecule is C=CCOC(=O)c1ccc(C(=O)O)c(-c2c3ccc(=[N+](C)C)cc-3oc3cc(N(C)CCCC(=O)OCC)ccc23)c1. The number of fused-ring (bicyclic) bond motifs is 2. The topological polar surface area (TPSA) is 109 Å². The summed E-state index contributed by atoms with van der Waals surface area (Å²) in [4.78, 5) is 38.9. The molecule has 4 rings (SSSR count). The summed E-state index contributed by atoms with van der Waals surface area (Å²) in [6.45, 7) is 6.37. The van der Waals surface area contributed by atoms with E-state index >= 15 is 0 Å². The van der Waals surface area contributed by atoms with Crippen LogP contribution in [0.5, 0.6) is 0 Å². The number of nitrogens with zero attached hydrogens (tertiary/aromatic N) is 2. The van der Waals surface area contributed by atoms with Crippen LogP contribution in [0, 0.1) is 0 Å². The van der Waals surface area contributed by atoms with E-state index in [0.29, 0.717) is 59.4 Å². The van der Waals surface area contributed by atoms with Crippen LogP contribution >= 0.6 is 0 Å². The van der Waals surface area contributed by atoms with Crippen LogP contribution < -0.4 is 14.8 Å². The van der Waals surface area contributed by atoms with Crippen molar-refractivity contribution in [1.82, 2.24) is 4.58 Å². The Bertz CT molecular complexity index is 1700. The van der Waals surface area contributed by atoms with Crippen molar-refractivity contribution < 1.29 is 33.4 Å². The highest BCUT2D eigenvalue weighted by molar-refractivity contribution is 6.09. The molecule has 2 aliphatic rings. The minimum Gasteiger partial charge on any atom is -0.478 e. The van der Waals surface area contributed by atoms with Crippen molar-refractivity contribution in [2.75, 3.05) is 45.8 Å². The zero-order chi connectivity index (χ0) is 30.4. The molecule has 9 nitrogen and oxygen atoms in total. The van der Waals surface area contributed by atoms with Gasteiger partial charge >= 0.3 is 17.9 Å². The molecule has 9 heteroatoms. The number of anilines is 1. The monoisotopic (exact) mass is 571 g/mol. The average molecular weight is 572 g/mol. The van der Waals surface area contributed by atoms with Crippen molar-refractivity contribution in [1.29, 1.82) is 0 Å². The minimum atomic E-state index is -1.12. The summed E-state index contributed by atoms with van der Waals surface area (Å²) >= 11 is 0. The maximum Gasteiger partial charge on any atom is 0.338 e. The highest BCUT2D eigenvalue weighted by atomic mass is 16.5.